The number of aromatic hydroxyl groups is 2. The highest BCUT2D eigenvalue weighted by Crippen LogP contribution is 2.31. The van der Waals surface area contributed by atoms with Crippen LogP contribution in [0.1, 0.15) is 38.4 Å². The summed E-state index contributed by atoms with van der Waals surface area (Å²) >= 11 is 0. The first-order valence-electron chi connectivity index (χ1n) is 11.0. The summed E-state index contributed by atoms with van der Waals surface area (Å²) in [6, 6.07) is 15.8. The molecule has 0 fully saturated rings. The summed E-state index contributed by atoms with van der Waals surface area (Å²) in [6.45, 7) is 0. The Morgan fingerprint density at radius 1 is 0.865 bits per heavy atom. The molecule has 4 rings (SSSR count). The molecule has 0 unspecified atom stereocenters. The van der Waals surface area contributed by atoms with Crippen molar-refractivity contribution >= 4 is 30.6 Å². The molecule has 0 aliphatic rings. The summed E-state index contributed by atoms with van der Waals surface area (Å²) in [7, 11) is 1.43. The Labute approximate surface area is 210 Å². The van der Waals surface area contributed by atoms with Gasteiger partial charge in [-0.3, -0.25) is 4.79 Å². The number of alkyl halides is 3. The van der Waals surface area contributed by atoms with Gasteiger partial charge in [0.15, 0.2) is 17.8 Å². The zero-order valence-electron chi connectivity index (χ0n) is 19.5. The summed E-state index contributed by atoms with van der Waals surface area (Å²) in [6.07, 6.45) is 2.74. The third-order valence-electron chi connectivity index (χ3n) is 5.45. The number of carbonyl (C=O) groups excluding carboxylic acids is 1. The van der Waals surface area contributed by atoms with E-state index in [0.717, 1.165) is 12.1 Å². The van der Waals surface area contributed by atoms with E-state index >= 15 is 0 Å². The fourth-order valence-corrected chi connectivity index (χ4v) is 3.57. The van der Waals surface area contributed by atoms with Gasteiger partial charge in [0.05, 0.1) is 35.3 Å². The third-order valence-corrected chi connectivity index (χ3v) is 5.45. The molecule has 3 aromatic carbocycles. The Kier molecular flexibility index (Phi) is 7.15. The fourth-order valence-electron chi connectivity index (χ4n) is 3.57. The van der Waals surface area contributed by atoms with Gasteiger partial charge in [-0.1, -0.05) is 30.4 Å². The van der Waals surface area contributed by atoms with E-state index in [1.807, 2.05) is 0 Å². The van der Waals surface area contributed by atoms with E-state index in [-0.39, 0.29) is 28.5 Å². The van der Waals surface area contributed by atoms with Gasteiger partial charge in [-0.15, -0.1) is 0 Å². The molecule has 0 atom stereocenters. The van der Waals surface area contributed by atoms with Gasteiger partial charge >= 0.3 is 6.18 Å². The maximum absolute atomic E-state index is 13.3. The molecule has 6 nitrogen and oxygen atoms in total. The first-order valence-corrected chi connectivity index (χ1v) is 11.0. The van der Waals surface area contributed by atoms with Gasteiger partial charge in [0, 0.05) is 0 Å². The van der Waals surface area contributed by atoms with E-state index < -0.39 is 11.7 Å². The molecule has 0 amide bonds. The summed E-state index contributed by atoms with van der Waals surface area (Å²) in [5, 5.41) is 24.0. The maximum Gasteiger partial charge on any atom is 0.416 e. The van der Waals surface area contributed by atoms with Gasteiger partial charge in [0.2, 0.25) is 0 Å². The van der Waals surface area contributed by atoms with Crippen molar-refractivity contribution in [1.82, 2.24) is 9.78 Å². The number of aldehydes is 1. The molecule has 4 aromatic rings. The third kappa shape index (κ3) is 5.90. The lowest BCUT2D eigenvalue weighted by atomic mass is 10.1. The summed E-state index contributed by atoms with van der Waals surface area (Å²) in [5.74, 6) is 0.119. The number of benzene rings is 3. The lowest BCUT2D eigenvalue weighted by Crippen LogP contribution is -2.07. The second kappa shape index (κ2) is 10.4. The monoisotopic (exact) mass is 506 g/mol. The highest BCUT2D eigenvalue weighted by molar-refractivity contribution is 5.82. The summed E-state index contributed by atoms with van der Waals surface area (Å²) in [5.41, 5.74) is 1.79. The molecule has 0 spiro atoms. The van der Waals surface area contributed by atoms with Gasteiger partial charge in [0.25, 0.3) is 0 Å². The van der Waals surface area contributed by atoms with Crippen molar-refractivity contribution in [2.75, 3.05) is 7.11 Å². The molecule has 0 saturated heterocycles. The second-order valence-corrected chi connectivity index (χ2v) is 7.99. The predicted octanol–water partition coefficient (Wildman–Crippen LogP) is 6.46. The smallest absolute Gasteiger partial charge is 0.416 e. The van der Waals surface area contributed by atoms with Crippen molar-refractivity contribution < 1.29 is 32.9 Å². The Morgan fingerprint density at radius 3 is 2.27 bits per heavy atom. The van der Waals surface area contributed by atoms with E-state index in [2.05, 4.69) is 5.10 Å². The standard InChI is InChI=1S/C28H21F3N2O4/c1-37-27-14-19(8-12-26(27)36)6-10-24-16-22(9-5-18-7-11-25(35)20(13-18)17-34)32-33(24)23-4-2-3-21(15-23)28(29,30)31/h2-17,35-36H,1H3/b9-5+,10-6+. The number of phenols is 2. The molecule has 0 saturated carbocycles. The van der Waals surface area contributed by atoms with Crippen LogP contribution in [0.15, 0.2) is 66.7 Å². The lowest BCUT2D eigenvalue weighted by molar-refractivity contribution is -0.137. The van der Waals surface area contributed by atoms with E-state index in [4.69, 9.17) is 4.74 Å². The van der Waals surface area contributed by atoms with Crippen molar-refractivity contribution in [3.05, 3.63) is 100 Å². The number of aromatic nitrogens is 2. The quantitative estimate of drug-likeness (QED) is 0.281. The Balaban J connectivity index is 1.75. The van der Waals surface area contributed by atoms with Crippen LogP contribution in [0, 0.1) is 0 Å². The van der Waals surface area contributed by atoms with Crippen LogP contribution in [0.3, 0.4) is 0 Å². The van der Waals surface area contributed by atoms with E-state index in [9.17, 15) is 28.2 Å². The van der Waals surface area contributed by atoms with Gasteiger partial charge in [0.1, 0.15) is 5.75 Å². The molecule has 2 N–H and O–H groups in total. The summed E-state index contributed by atoms with van der Waals surface area (Å²) in [4.78, 5) is 11.1. The molecule has 37 heavy (non-hydrogen) atoms. The van der Waals surface area contributed by atoms with Crippen molar-refractivity contribution in [3.63, 3.8) is 0 Å². The normalized spacial score (nSPS) is 11.9. The van der Waals surface area contributed by atoms with Crippen molar-refractivity contribution in [2.45, 2.75) is 6.18 Å². The lowest BCUT2D eigenvalue weighted by Gasteiger charge is -2.10. The van der Waals surface area contributed by atoms with E-state index in [0.29, 0.717) is 28.8 Å². The van der Waals surface area contributed by atoms with Crippen LogP contribution < -0.4 is 4.74 Å². The zero-order chi connectivity index (χ0) is 26.6. The van der Waals surface area contributed by atoms with Crippen LogP contribution in [-0.4, -0.2) is 33.4 Å². The number of phenolic OH excluding ortho intramolecular Hbond substituents is 2. The van der Waals surface area contributed by atoms with Crippen molar-refractivity contribution in [1.29, 1.82) is 0 Å². The van der Waals surface area contributed by atoms with E-state index in [1.54, 1.807) is 48.6 Å². The number of nitrogens with zero attached hydrogens (tertiary/aromatic N) is 2. The van der Waals surface area contributed by atoms with Gasteiger partial charge in [-0.25, -0.2) is 4.68 Å². The largest absolute Gasteiger partial charge is 0.507 e. The van der Waals surface area contributed by atoms with Gasteiger partial charge < -0.3 is 14.9 Å². The Bertz CT molecular complexity index is 1500. The number of rotatable bonds is 7. The molecular weight excluding hydrogens is 485 g/mol. The predicted molar refractivity (Wildman–Crippen MR) is 135 cm³/mol. The highest BCUT2D eigenvalue weighted by atomic mass is 19.4. The number of ether oxygens (including phenoxy) is 1. The topological polar surface area (TPSA) is 84.6 Å². The Morgan fingerprint density at radius 2 is 1.57 bits per heavy atom. The zero-order valence-corrected chi connectivity index (χ0v) is 19.5. The SMILES string of the molecule is COc1cc(/C=C/c2cc(/C=C/c3ccc(O)c(C=O)c3)nn2-c2cccc(C(F)(F)F)c2)ccc1O. The number of hydrogen-bond donors (Lipinski definition) is 2. The van der Waals surface area contributed by atoms with Crippen LogP contribution in [0.4, 0.5) is 13.2 Å². The van der Waals surface area contributed by atoms with Crippen LogP contribution >= 0.6 is 0 Å². The molecular formula is C28H21F3N2O4. The second-order valence-electron chi connectivity index (χ2n) is 7.99. The van der Waals surface area contributed by atoms with Crippen molar-refractivity contribution in [2.24, 2.45) is 0 Å². The van der Waals surface area contributed by atoms with E-state index in [1.165, 1.54) is 42.1 Å². The number of halogens is 3. The molecule has 0 aliphatic heterocycles. The average Bonchev–Trinajstić information content (AvgIpc) is 3.30. The first kappa shape index (κ1) is 25.3. The molecule has 1 aromatic heterocycles. The van der Waals surface area contributed by atoms with Crippen LogP contribution in [0.2, 0.25) is 0 Å². The van der Waals surface area contributed by atoms with Crippen molar-refractivity contribution in [3.8, 4) is 22.9 Å². The maximum atomic E-state index is 13.3. The molecule has 0 bridgehead atoms. The minimum Gasteiger partial charge on any atom is -0.507 e. The Hall–Kier alpha value is -4.79. The number of hydrogen-bond acceptors (Lipinski definition) is 5. The number of carbonyl (C=O) groups is 1. The molecule has 188 valence electrons. The molecule has 1 heterocycles. The van der Waals surface area contributed by atoms with Crippen LogP contribution in [0.25, 0.3) is 30.0 Å². The van der Waals surface area contributed by atoms with Crippen LogP contribution in [0.5, 0.6) is 17.2 Å². The first-order chi connectivity index (χ1) is 17.7. The highest BCUT2D eigenvalue weighted by Gasteiger charge is 2.30. The van der Waals surface area contributed by atoms with Crippen LogP contribution in [-0.2, 0) is 6.18 Å². The molecule has 9 heteroatoms. The summed E-state index contributed by atoms with van der Waals surface area (Å²) < 4.78 is 46.5. The molecule has 0 aliphatic carbocycles. The fraction of sp³-hybridized carbons (Fsp3) is 0.0714. The number of methoxy groups -OCH3 is 1. The minimum absolute atomic E-state index is 0.0203. The average molecular weight is 506 g/mol. The van der Waals surface area contributed by atoms with Gasteiger partial charge in [-0.05, 0) is 71.8 Å². The molecule has 0 radical (unpaired) electrons. The minimum atomic E-state index is -4.51. The van der Waals surface area contributed by atoms with Gasteiger partial charge in [-0.2, -0.15) is 18.3 Å².